The topological polar surface area (TPSA) is 38.9 Å². The van der Waals surface area contributed by atoms with Gasteiger partial charge < -0.3 is 5.73 Å². The van der Waals surface area contributed by atoms with Crippen molar-refractivity contribution in [3.8, 4) is 21.7 Å². The van der Waals surface area contributed by atoms with Crippen molar-refractivity contribution in [3.05, 3.63) is 60.8 Å². The third kappa shape index (κ3) is 2.00. The number of anilines is 1. The van der Waals surface area contributed by atoms with Crippen molar-refractivity contribution in [2.45, 2.75) is 0 Å². The number of nitrogens with zero attached hydrogens (tertiary/aromatic N) is 1. The molecule has 2 N–H and O–H groups in total. The average molecular weight is 252 g/mol. The maximum atomic E-state index is 6.09. The summed E-state index contributed by atoms with van der Waals surface area (Å²) < 4.78 is 0. The molecule has 0 aliphatic carbocycles. The zero-order valence-electron chi connectivity index (χ0n) is 9.71. The van der Waals surface area contributed by atoms with Crippen LogP contribution in [0.15, 0.2) is 60.8 Å². The van der Waals surface area contributed by atoms with Crippen LogP contribution in [0.1, 0.15) is 0 Å². The van der Waals surface area contributed by atoms with E-state index in [4.69, 9.17) is 5.73 Å². The van der Waals surface area contributed by atoms with Crippen molar-refractivity contribution in [2.24, 2.45) is 0 Å². The van der Waals surface area contributed by atoms with Gasteiger partial charge in [-0.2, -0.15) is 0 Å². The van der Waals surface area contributed by atoms with Crippen molar-refractivity contribution in [2.75, 3.05) is 5.73 Å². The normalized spacial score (nSPS) is 10.4. The minimum atomic E-state index is 0.813. The third-order valence-electron chi connectivity index (χ3n) is 2.76. The van der Waals surface area contributed by atoms with E-state index in [1.54, 1.807) is 17.5 Å². The maximum Gasteiger partial charge on any atom is 0.0958 e. The number of hydrogen-bond acceptors (Lipinski definition) is 3. The van der Waals surface area contributed by atoms with E-state index < -0.39 is 0 Å². The van der Waals surface area contributed by atoms with E-state index in [0.717, 1.165) is 16.3 Å². The first-order chi connectivity index (χ1) is 8.84. The number of benzene rings is 1. The van der Waals surface area contributed by atoms with Crippen LogP contribution in [0.3, 0.4) is 0 Å². The highest BCUT2D eigenvalue weighted by Gasteiger charge is 2.10. The van der Waals surface area contributed by atoms with Gasteiger partial charge in [-0.05, 0) is 23.8 Å². The number of pyridine rings is 1. The fourth-order valence-corrected chi connectivity index (χ4v) is 2.81. The molecule has 0 aliphatic heterocycles. The highest BCUT2D eigenvalue weighted by atomic mass is 32.1. The zero-order chi connectivity index (χ0) is 12.4. The number of nitrogens with two attached hydrogens (primary N) is 1. The molecule has 2 aromatic heterocycles. The van der Waals surface area contributed by atoms with Crippen LogP contribution >= 0.6 is 11.3 Å². The SMILES string of the molecule is Nc1sc(-c2ccccc2)cc1-c1ccccn1. The van der Waals surface area contributed by atoms with Crippen LogP contribution in [-0.4, -0.2) is 4.98 Å². The summed E-state index contributed by atoms with van der Waals surface area (Å²) in [4.78, 5) is 5.52. The van der Waals surface area contributed by atoms with Crippen LogP contribution in [0.25, 0.3) is 21.7 Å². The molecule has 3 rings (SSSR count). The van der Waals surface area contributed by atoms with E-state index in [1.807, 2.05) is 36.4 Å². The van der Waals surface area contributed by atoms with Gasteiger partial charge in [0, 0.05) is 16.6 Å². The number of hydrogen-bond donors (Lipinski definition) is 1. The van der Waals surface area contributed by atoms with Gasteiger partial charge in [-0.1, -0.05) is 36.4 Å². The summed E-state index contributed by atoms with van der Waals surface area (Å²) in [7, 11) is 0. The molecule has 0 saturated carbocycles. The Morgan fingerprint density at radius 3 is 2.44 bits per heavy atom. The monoisotopic (exact) mass is 252 g/mol. The Morgan fingerprint density at radius 1 is 0.944 bits per heavy atom. The van der Waals surface area contributed by atoms with Crippen molar-refractivity contribution in [1.29, 1.82) is 0 Å². The Morgan fingerprint density at radius 2 is 1.72 bits per heavy atom. The highest BCUT2D eigenvalue weighted by Crippen LogP contribution is 2.38. The van der Waals surface area contributed by atoms with E-state index >= 15 is 0 Å². The first kappa shape index (κ1) is 11.0. The lowest BCUT2D eigenvalue weighted by molar-refractivity contribution is 1.33. The van der Waals surface area contributed by atoms with Crippen LogP contribution in [0.4, 0.5) is 5.00 Å². The molecule has 18 heavy (non-hydrogen) atoms. The van der Waals surface area contributed by atoms with Gasteiger partial charge >= 0.3 is 0 Å². The van der Waals surface area contributed by atoms with Gasteiger partial charge in [-0.3, -0.25) is 4.98 Å². The fourth-order valence-electron chi connectivity index (χ4n) is 1.87. The van der Waals surface area contributed by atoms with Gasteiger partial charge in [-0.15, -0.1) is 11.3 Å². The quantitative estimate of drug-likeness (QED) is 0.747. The van der Waals surface area contributed by atoms with Gasteiger partial charge in [0.1, 0.15) is 0 Å². The molecule has 0 bridgehead atoms. The maximum absolute atomic E-state index is 6.09. The average Bonchev–Trinajstić information content (AvgIpc) is 2.83. The Kier molecular flexibility index (Phi) is 2.82. The molecule has 2 heterocycles. The van der Waals surface area contributed by atoms with Crippen LogP contribution in [0, 0.1) is 0 Å². The van der Waals surface area contributed by atoms with Crippen LogP contribution in [0.2, 0.25) is 0 Å². The number of aromatic nitrogens is 1. The molecule has 2 nitrogen and oxygen atoms in total. The molecular formula is C15H12N2S. The van der Waals surface area contributed by atoms with E-state index in [-0.39, 0.29) is 0 Å². The van der Waals surface area contributed by atoms with Crippen molar-refractivity contribution >= 4 is 16.3 Å². The van der Waals surface area contributed by atoms with Crippen LogP contribution in [0.5, 0.6) is 0 Å². The first-order valence-electron chi connectivity index (χ1n) is 5.71. The molecule has 0 fully saturated rings. The second kappa shape index (κ2) is 4.63. The summed E-state index contributed by atoms with van der Waals surface area (Å²) in [5.74, 6) is 0. The zero-order valence-corrected chi connectivity index (χ0v) is 10.5. The minimum absolute atomic E-state index is 0.813. The van der Waals surface area contributed by atoms with E-state index in [9.17, 15) is 0 Å². The first-order valence-corrected chi connectivity index (χ1v) is 6.52. The van der Waals surface area contributed by atoms with Crippen LogP contribution in [-0.2, 0) is 0 Å². The van der Waals surface area contributed by atoms with Gasteiger partial charge in [0.2, 0.25) is 0 Å². The molecule has 1 aromatic carbocycles. The molecular weight excluding hydrogens is 240 g/mol. The highest BCUT2D eigenvalue weighted by molar-refractivity contribution is 7.19. The van der Waals surface area contributed by atoms with E-state index in [2.05, 4.69) is 23.2 Å². The summed E-state index contributed by atoms with van der Waals surface area (Å²) in [5.41, 5.74) is 9.22. The number of nitrogen functional groups attached to an aromatic ring is 1. The lowest BCUT2D eigenvalue weighted by atomic mass is 10.1. The molecule has 0 radical (unpaired) electrons. The summed E-state index contributed by atoms with van der Waals surface area (Å²) in [6.07, 6.45) is 1.79. The predicted octanol–water partition coefficient (Wildman–Crippen LogP) is 4.06. The Balaban J connectivity index is 2.07. The molecule has 0 aliphatic rings. The van der Waals surface area contributed by atoms with Crippen molar-refractivity contribution < 1.29 is 0 Å². The Labute approximate surface area is 110 Å². The molecule has 3 aromatic rings. The molecule has 0 spiro atoms. The Bertz CT molecular complexity index is 645. The summed E-state index contributed by atoms with van der Waals surface area (Å²) in [6.45, 7) is 0. The molecule has 88 valence electrons. The fraction of sp³-hybridized carbons (Fsp3) is 0. The lowest BCUT2D eigenvalue weighted by Crippen LogP contribution is -1.85. The van der Waals surface area contributed by atoms with Gasteiger partial charge in [0.15, 0.2) is 0 Å². The van der Waals surface area contributed by atoms with Crippen LogP contribution < -0.4 is 5.73 Å². The van der Waals surface area contributed by atoms with Gasteiger partial charge in [-0.25, -0.2) is 0 Å². The second-order valence-electron chi connectivity index (χ2n) is 3.97. The smallest absolute Gasteiger partial charge is 0.0958 e. The van der Waals surface area contributed by atoms with E-state index in [0.29, 0.717) is 0 Å². The second-order valence-corrected chi connectivity index (χ2v) is 5.05. The van der Waals surface area contributed by atoms with Crippen molar-refractivity contribution in [1.82, 2.24) is 4.98 Å². The Hall–Kier alpha value is -2.13. The summed E-state index contributed by atoms with van der Waals surface area (Å²) in [6, 6.07) is 18.2. The predicted molar refractivity (Wildman–Crippen MR) is 77.4 cm³/mol. The lowest BCUT2D eigenvalue weighted by Gasteiger charge is -1.96. The molecule has 0 atom stereocenters. The molecule has 0 saturated heterocycles. The molecule has 0 unspecified atom stereocenters. The molecule has 3 heteroatoms. The number of rotatable bonds is 2. The van der Waals surface area contributed by atoms with E-state index in [1.165, 1.54) is 10.4 Å². The van der Waals surface area contributed by atoms with Gasteiger partial charge in [0.05, 0.1) is 10.7 Å². The van der Waals surface area contributed by atoms with Gasteiger partial charge in [0.25, 0.3) is 0 Å². The number of thiophene rings is 1. The molecule has 0 amide bonds. The largest absolute Gasteiger partial charge is 0.390 e. The van der Waals surface area contributed by atoms with Crippen molar-refractivity contribution in [3.63, 3.8) is 0 Å². The minimum Gasteiger partial charge on any atom is -0.390 e. The summed E-state index contributed by atoms with van der Waals surface area (Å²) in [5, 5.41) is 0.813. The third-order valence-corrected chi connectivity index (χ3v) is 3.77. The standard InChI is InChI=1S/C15H12N2S/c16-15-12(13-8-4-5-9-17-13)10-14(18-15)11-6-2-1-3-7-11/h1-10H,16H2. The summed E-state index contributed by atoms with van der Waals surface area (Å²) >= 11 is 1.60.